The van der Waals surface area contributed by atoms with Crippen LogP contribution in [0.25, 0.3) is 0 Å². The third-order valence-electron chi connectivity index (χ3n) is 3.12. The normalized spacial score (nSPS) is 12.4. The van der Waals surface area contributed by atoms with Gasteiger partial charge in [0, 0.05) is 44.1 Å². The van der Waals surface area contributed by atoms with Gasteiger partial charge in [0.15, 0.2) is 0 Å². The largest absolute Gasteiger partial charge is 0.370 e. The number of benzene rings is 1. The minimum absolute atomic E-state index is 0.174. The molecule has 0 saturated heterocycles. The van der Waals surface area contributed by atoms with Gasteiger partial charge in [-0.3, -0.25) is 4.68 Å². The Kier molecular flexibility index (Phi) is 4.22. The van der Waals surface area contributed by atoms with E-state index in [9.17, 15) is 0 Å². The zero-order valence-corrected chi connectivity index (χ0v) is 11.9. The Bertz CT molecular complexity index is 530. The maximum absolute atomic E-state index is 5.92. The van der Waals surface area contributed by atoms with Crippen molar-refractivity contribution in [1.82, 2.24) is 9.78 Å². The van der Waals surface area contributed by atoms with Gasteiger partial charge in [-0.05, 0) is 25.0 Å². The van der Waals surface area contributed by atoms with Crippen LogP contribution >= 0.6 is 0 Å². The van der Waals surface area contributed by atoms with Crippen LogP contribution in [0.3, 0.4) is 0 Å². The van der Waals surface area contributed by atoms with Crippen LogP contribution in [0.15, 0.2) is 36.7 Å². The smallest absolute Gasteiger partial charge is 0.0539 e. The quantitative estimate of drug-likeness (QED) is 0.891. The van der Waals surface area contributed by atoms with Gasteiger partial charge in [0.1, 0.15) is 0 Å². The highest BCUT2D eigenvalue weighted by molar-refractivity contribution is 5.53. The number of para-hydroxylation sites is 1. The molecule has 0 amide bonds. The summed E-state index contributed by atoms with van der Waals surface area (Å²) in [5.41, 5.74) is 9.66. The molecular formula is C15H22N4. The van der Waals surface area contributed by atoms with Crippen molar-refractivity contribution >= 4 is 5.69 Å². The Morgan fingerprint density at radius 1 is 1.37 bits per heavy atom. The summed E-state index contributed by atoms with van der Waals surface area (Å²) >= 11 is 0. The zero-order valence-electron chi connectivity index (χ0n) is 11.9. The molecule has 19 heavy (non-hydrogen) atoms. The van der Waals surface area contributed by atoms with Crippen molar-refractivity contribution in [2.24, 2.45) is 12.8 Å². The molecule has 1 aromatic heterocycles. The first-order valence-corrected chi connectivity index (χ1v) is 6.58. The zero-order chi connectivity index (χ0) is 13.8. The van der Waals surface area contributed by atoms with Crippen molar-refractivity contribution in [3.63, 3.8) is 0 Å². The highest BCUT2D eigenvalue weighted by Crippen LogP contribution is 2.22. The molecule has 0 saturated carbocycles. The van der Waals surface area contributed by atoms with Crippen LogP contribution in [-0.4, -0.2) is 22.9 Å². The summed E-state index contributed by atoms with van der Waals surface area (Å²) in [6.45, 7) is 2.89. The molecule has 1 aromatic carbocycles. The van der Waals surface area contributed by atoms with Crippen LogP contribution < -0.4 is 10.6 Å². The second kappa shape index (κ2) is 5.89. The predicted molar refractivity (Wildman–Crippen MR) is 79.1 cm³/mol. The van der Waals surface area contributed by atoms with Gasteiger partial charge < -0.3 is 10.6 Å². The minimum atomic E-state index is 0.174. The van der Waals surface area contributed by atoms with Crippen LogP contribution in [0, 0.1) is 0 Å². The van der Waals surface area contributed by atoms with E-state index < -0.39 is 0 Å². The minimum Gasteiger partial charge on any atom is -0.370 e. The van der Waals surface area contributed by atoms with Crippen LogP contribution in [0.5, 0.6) is 0 Å². The Hall–Kier alpha value is -1.81. The first-order valence-electron chi connectivity index (χ1n) is 6.58. The average molecular weight is 258 g/mol. The molecule has 2 rings (SSSR count). The number of hydrogen-bond acceptors (Lipinski definition) is 3. The summed E-state index contributed by atoms with van der Waals surface area (Å²) in [6.07, 6.45) is 4.85. The highest BCUT2D eigenvalue weighted by atomic mass is 15.2. The van der Waals surface area contributed by atoms with E-state index >= 15 is 0 Å². The number of nitrogens with zero attached hydrogens (tertiary/aromatic N) is 3. The molecule has 4 heteroatoms. The summed E-state index contributed by atoms with van der Waals surface area (Å²) in [7, 11) is 4.04. The summed E-state index contributed by atoms with van der Waals surface area (Å²) in [5.74, 6) is 0. The number of aryl methyl sites for hydroxylation is 1. The van der Waals surface area contributed by atoms with Gasteiger partial charge in [-0.2, -0.15) is 5.10 Å². The molecule has 4 nitrogen and oxygen atoms in total. The van der Waals surface area contributed by atoms with Gasteiger partial charge in [0.05, 0.1) is 6.20 Å². The second-order valence-electron chi connectivity index (χ2n) is 5.19. The Morgan fingerprint density at radius 3 is 2.74 bits per heavy atom. The van der Waals surface area contributed by atoms with Crippen molar-refractivity contribution < 1.29 is 0 Å². The van der Waals surface area contributed by atoms with Gasteiger partial charge in [0.2, 0.25) is 0 Å². The van der Waals surface area contributed by atoms with Crippen molar-refractivity contribution in [2.45, 2.75) is 25.9 Å². The lowest BCUT2D eigenvalue weighted by atomic mass is 10.0. The molecule has 0 aliphatic heterocycles. The van der Waals surface area contributed by atoms with Gasteiger partial charge in [-0.1, -0.05) is 18.2 Å². The molecule has 0 aliphatic rings. The molecule has 1 unspecified atom stereocenters. The van der Waals surface area contributed by atoms with Gasteiger partial charge in [-0.15, -0.1) is 0 Å². The molecule has 0 fully saturated rings. The van der Waals surface area contributed by atoms with E-state index in [4.69, 9.17) is 5.73 Å². The predicted octanol–water partition coefficient (Wildman–Crippen LogP) is 1.95. The highest BCUT2D eigenvalue weighted by Gasteiger charge is 2.09. The fraction of sp³-hybridized carbons (Fsp3) is 0.400. The van der Waals surface area contributed by atoms with Crippen molar-refractivity contribution in [2.75, 3.05) is 11.9 Å². The van der Waals surface area contributed by atoms with Crippen molar-refractivity contribution in [1.29, 1.82) is 0 Å². The summed E-state index contributed by atoms with van der Waals surface area (Å²) < 4.78 is 1.83. The monoisotopic (exact) mass is 258 g/mol. The van der Waals surface area contributed by atoms with E-state index in [0.29, 0.717) is 0 Å². The maximum Gasteiger partial charge on any atom is 0.0539 e. The Morgan fingerprint density at radius 2 is 2.11 bits per heavy atom. The van der Waals surface area contributed by atoms with E-state index in [2.05, 4.69) is 41.3 Å². The molecule has 0 spiro atoms. The molecule has 0 radical (unpaired) electrons. The number of anilines is 1. The first-order chi connectivity index (χ1) is 9.06. The molecule has 102 valence electrons. The number of rotatable bonds is 5. The fourth-order valence-electron chi connectivity index (χ4n) is 2.32. The van der Waals surface area contributed by atoms with Gasteiger partial charge in [-0.25, -0.2) is 0 Å². The average Bonchev–Trinajstić information content (AvgIpc) is 2.74. The van der Waals surface area contributed by atoms with E-state index in [0.717, 1.165) is 13.0 Å². The lowest BCUT2D eigenvalue weighted by Crippen LogP contribution is -2.22. The summed E-state index contributed by atoms with van der Waals surface area (Å²) in [5, 5.41) is 4.20. The molecule has 1 atom stereocenters. The van der Waals surface area contributed by atoms with Crippen LogP contribution in [0.1, 0.15) is 18.1 Å². The first kappa shape index (κ1) is 13.6. The van der Waals surface area contributed by atoms with Crippen molar-refractivity contribution in [3.05, 3.63) is 47.8 Å². The summed E-state index contributed by atoms with van der Waals surface area (Å²) in [6, 6.07) is 8.61. The molecule has 2 N–H and O–H groups in total. The van der Waals surface area contributed by atoms with Crippen LogP contribution in [0.4, 0.5) is 5.69 Å². The van der Waals surface area contributed by atoms with Crippen LogP contribution in [0.2, 0.25) is 0 Å². The van der Waals surface area contributed by atoms with Gasteiger partial charge in [0.25, 0.3) is 0 Å². The molecule has 0 bridgehead atoms. The number of hydrogen-bond donors (Lipinski definition) is 1. The third kappa shape index (κ3) is 3.58. The fourth-order valence-corrected chi connectivity index (χ4v) is 2.32. The topological polar surface area (TPSA) is 47.1 Å². The van der Waals surface area contributed by atoms with Crippen molar-refractivity contribution in [3.8, 4) is 0 Å². The maximum atomic E-state index is 5.92. The molecule has 1 heterocycles. The SMILES string of the molecule is CC(N)Cc1ccccc1N(C)Cc1cnn(C)c1. The van der Waals surface area contributed by atoms with E-state index in [-0.39, 0.29) is 6.04 Å². The number of nitrogens with two attached hydrogens (primary N) is 1. The lowest BCUT2D eigenvalue weighted by Gasteiger charge is -2.22. The van der Waals surface area contributed by atoms with E-state index in [1.165, 1.54) is 16.8 Å². The molecule has 0 aliphatic carbocycles. The van der Waals surface area contributed by atoms with E-state index in [1.807, 2.05) is 31.0 Å². The molecule has 2 aromatic rings. The Labute approximate surface area is 114 Å². The summed E-state index contributed by atoms with van der Waals surface area (Å²) in [4.78, 5) is 2.24. The third-order valence-corrected chi connectivity index (χ3v) is 3.12. The number of aromatic nitrogens is 2. The van der Waals surface area contributed by atoms with Gasteiger partial charge >= 0.3 is 0 Å². The lowest BCUT2D eigenvalue weighted by molar-refractivity contribution is 0.734. The standard InChI is InChI=1S/C15H22N4/c1-12(16)8-14-6-4-5-7-15(14)18(2)10-13-9-17-19(3)11-13/h4-7,9,11-12H,8,10,16H2,1-3H3. The second-order valence-corrected chi connectivity index (χ2v) is 5.19. The molecular weight excluding hydrogens is 236 g/mol. The van der Waals surface area contributed by atoms with Crippen LogP contribution in [-0.2, 0) is 20.0 Å². The van der Waals surface area contributed by atoms with E-state index in [1.54, 1.807) is 0 Å². The Balaban J connectivity index is 2.16.